The third-order valence-corrected chi connectivity index (χ3v) is 5.51. The number of carbonyl (C=O) groups excluding carboxylic acids is 1. The first kappa shape index (κ1) is 18.3. The average molecular weight is 410 g/mol. The zero-order chi connectivity index (χ0) is 18.6. The number of aromatic nitrogens is 1. The van der Waals surface area contributed by atoms with Gasteiger partial charge in [-0.2, -0.15) is 5.26 Å². The van der Waals surface area contributed by atoms with Crippen molar-refractivity contribution in [1.82, 2.24) is 9.88 Å². The van der Waals surface area contributed by atoms with Gasteiger partial charge in [0, 0.05) is 7.05 Å². The Balaban J connectivity index is 1.95. The third kappa shape index (κ3) is 3.56. The van der Waals surface area contributed by atoms with Crippen molar-refractivity contribution in [3.8, 4) is 6.07 Å². The van der Waals surface area contributed by atoms with Gasteiger partial charge in [0.25, 0.3) is 5.91 Å². The van der Waals surface area contributed by atoms with E-state index in [0.717, 1.165) is 31.2 Å². The normalized spacial score (nSPS) is 16.1. The number of rotatable bonds is 4. The molecule has 1 saturated carbocycles. The molecular formula is C21H20BrN3O. The van der Waals surface area contributed by atoms with Crippen LogP contribution in [0.4, 0.5) is 0 Å². The summed E-state index contributed by atoms with van der Waals surface area (Å²) in [4.78, 5) is 19.2. The summed E-state index contributed by atoms with van der Waals surface area (Å²) in [5, 5.41) is 9.57. The molecule has 1 aliphatic rings. The van der Waals surface area contributed by atoms with E-state index in [1.807, 2.05) is 24.3 Å². The minimum atomic E-state index is -0.348. The van der Waals surface area contributed by atoms with Gasteiger partial charge in [-0.15, -0.1) is 0 Å². The van der Waals surface area contributed by atoms with Gasteiger partial charge in [-0.05, 0) is 52.5 Å². The summed E-state index contributed by atoms with van der Waals surface area (Å²) in [6.45, 7) is 0. The Hall–Kier alpha value is -2.45. The van der Waals surface area contributed by atoms with Gasteiger partial charge < -0.3 is 4.90 Å². The smallest absolute Gasteiger partial charge is 0.265 e. The largest absolute Gasteiger partial charge is 0.331 e. The van der Waals surface area contributed by atoms with Crippen LogP contribution in [-0.2, 0) is 10.3 Å². The summed E-state index contributed by atoms with van der Waals surface area (Å²) in [7, 11) is 1.81. The van der Waals surface area contributed by atoms with Crippen LogP contribution in [0.25, 0.3) is 6.08 Å². The quantitative estimate of drug-likeness (QED) is 0.418. The average Bonchev–Trinajstić information content (AvgIpc) is 3.17. The van der Waals surface area contributed by atoms with Crippen molar-refractivity contribution >= 4 is 27.9 Å². The molecule has 0 spiro atoms. The second kappa shape index (κ2) is 7.84. The van der Waals surface area contributed by atoms with E-state index in [9.17, 15) is 10.1 Å². The van der Waals surface area contributed by atoms with Crippen molar-refractivity contribution in [3.05, 3.63) is 70.0 Å². The minimum Gasteiger partial charge on any atom is -0.331 e. The molecule has 0 atom stereocenters. The van der Waals surface area contributed by atoms with Crippen LogP contribution in [0, 0.1) is 11.3 Å². The van der Waals surface area contributed by atoms with E-state index in [1.54, 1.807) is 30.2 Å². The Morgan fingerprint density at radius 2 is 1.88 bits per heavy atom. The predicted molar refractivity (Wildman–Crippen MR) is 105 cm³/mol. The molecule has 3 rings (SSSR count). The van der Waals surface area contributed by atoms with Crippen molar-refractivity contribution in [2.24, 2.45) is 0 Å². The molecule has 1 fully saturated rings. The standard InChI is InChI=1S/C21H20BrN3O/c1-25(21(12-5-6-13-21)17-8-3-2-4-9-17)20(26)16(15-23)14-18-10-7-11-19(22)24-18/h2-4,7-11,14H,5-6,12-13H2,1H3/b16-14+. The second-order valence-electron chi connectivity index (χ2n) is 6.52. The lowest BCUT2D eigenvalue weighted by Gasteiger charge is -2.39. The van der Waals surface area contributed by atoms with Gasteiger partial charge in [0.15, 0.2) is 0 Å². The summed E-state index contributed by atoms with van der Waals surface area (Å²) < 4.78 is 0.667. The van der Waals surface area contributed by atoms with Gasteiger partial charge in [-0.1, -0.05) is 49.2 Å². The summed E-state index contributed by atoms with van der Waals surface area (Å²) in [5.74, 6) is -0.264. The molecule has 5 heteroatoms. The van der Waals surface area contributed by atoms with Crippen molar-refractivity contribution in [2.45, 2.75) is 31.2 Å². The lowest BCUT2D eigenvalue weighted by Crippen LogP contribution is -2.45. The van der Waals surface area contributed by atoms with Crippen LogP contribution in [0.2, 0.25) is 0 Å². The van der Waals surface area contributed by atoms with Crippen LogP contribution < -0.4 is 0 Å². The van der Waals surface area contributed by atoms with E-state index in [1.165, 1.54) is 0 Å². The van der Waals surface area contributed by atoms with E-state index in [4.69, 9.17) is 0 Å². The molecule has 0 saturated heterocycles. The van der Waals surface area contributed by atoms with E-state index in [-0.39, 0.29) is 17.0 Å². The summed E-state index contributed by atoms with van der Waals surface area (Å²) in [6, 6.07) is 17.6. The predicted octanol–water partition coefficient (Wildman–Crippen LogP) is 4.68. The third-order valence-electron chi connectivity index (χ3n) is 5.07. The maximum absolute atomic E-state index is 13.1. The Morgan fingerprint density at radius 1 is 1.19 bits per heavy atom. The molecule has 1 heterocycles. The first-order chi connectivity index (χ1) is 12.6. The highest BCUT2D eigenvalue weighted by molar-refractivity contribution is 9.10. The molecule has 1 aromatic carbocycles. The number of halogens is 1. The molecule has 0 aliphatic heterocycles. The number of likely N-dealkylation sites (N-methyl/N-ethyl adjacent to an activating group) is 1. The second-order valence-corrected chi connectivity index (χ2v) is 7.34. The highest BCUT2D eigenvalue weighted by Gasteiger charge is 2.42. The fourth-order valence-electron chi connectivity index (χ4n) is 3.70. The fraction of sp³-hybridized carbons (Fsp3) is 0.286. The molecule has 0 bridgehead atoms. The molecule has 0 N–H and O–H groups in total. The topological polar surface area (TPSA) is 57.0 Å². The number of carbonyl (C=O) groups is 1. The highest BCUT2D eigenvalue weighted by Crippen LogP contribution is 2.43. The van der Waals surface area contributed by atoms with Gasteiger partial charge >= 0.3 is 0 Å². The Morgan fingerprint density at radius 3 is 2.50 bits per heavy atom. The van der Waals surface area contributed by atoms with E-state index in [2.05, 4.69) is 39.1 Å². The van der Waals surface area contributed by atoms with Crippen molar-refractivity contribution in [1.29, 1.82) is 5.26 Å². The zero-order valence-corrected chi connectivity index (χ0v) is 16.2. The minimum absolute atomic E-state index is 0.0975. The summed E-state index contributed by atoms with van der Waals surface area (Å²) in [5.41, 5.74) is 1.46. The van der Waals surface area contributed by atoms with Gasteiger partial charge in [0.05, 0.1) is 11.2 Å². The number of pyridine rings is 1. The molecule has 0 unspecified atom stereocenters. The number of hydrogen-bond donors (Lipinski definition) is 0. The maximum Gasteiger partial charge on any atom is 0.265 e. The monoisotopic (exact) mass is 409 g/mol. The van der Waals surface area contributed by atoms with Crippen LogP contribution >= 0.6 is 15.9 Å². The van der Waals surface area contributed by atoms with Crippen LogP contribution in [0.1, 0.15) is 36.9 Å². The summed E-state index contributed by atoms with van der Waals surface area (Å²) in [6.07, 6.45) is 5.52. The van der Waals surface area contributed by atoms with Crippen molar-refractivity contribution in [3.63, 3.8) is 0 Å². The molecule has 2 aromatic rings. The summed E-state index contributed by atoms with van der Waals surface area (Å²) >= 11 is 3.31. The van der Waals surface area contributed by atoms with Crippen LogP contribution in [-0.4, -0.2) is 22.8 Å². The van der Waals surface area contributed by atoms with E-state index in [0.29, 0.717) is 10.3 Å². The molecule has 132 valence electrons. The van der Waals surface area contributed by atoms with Crippen LogP contribution in [0.15, 0.2) is 58.7 Å². The first-order valence-corrected chi connectivity index (χ1v) is 9.44. The van der Waals surface area contributed by atoms with Crippen molar-refractivity contribution in [2.75, 3.05) is 7.05 Å². The maximum atomic E-state index is 13.1. The fourth-order valence-corrected chi connectivity index (χ4v) is 4.05. The van der Waals surface area contributed by atoms with Gasteiger partial charge in [-0.3, -0.25) is 4.79 Å². The Kier molecular flexibility index (Phi) is 5.53. The van der Waals surface area contributed by atoms with Gasteiger partial charge in [0.1, 0.15) is 16.2 Å². The Bertz CT molecular complexity index is 864. The molecule has 26 heavy (non-hydrogen) atoms. The molecule has 1 aliphatic carbocycles. The lowest BCUT2D eigenvalue weighted by atomic mass is 9.86. The Labute approximate surface area is 162 Å². The molecule has 1 amide bonds. The molecular weight excluding hydrogens is 390 g/mol. The first-order valence-electron chi connectivity index (χ1n) is 8.65. The number of nitrogens with zero attached hydrogens (tertiary/aromatic N) is 3. The molecule has 1 aromatic heterocycles. The lowest BCUT2D eigenvalue weighted by molar-refractivity contribution is -0.131. The number of nitriles is 1. The van der Waals surface area contributed by atoms with E-state index < -0.39 is 0 Å². The SMILES string of the molecule is CN(C(=O)/C(C#N)=C/c1cccc(Br)n1)C1(c2ccccc2)CCCC1. The highest BCUT2D eigenvalue weighted by atomic mass is 79.9. The zero-order valence-electron chi connectivity index (χ0n) is 14.7. The van der Waals surface area contributed by atoms with Crippen LogP contribution in [0.3, 0.4) is 0 Å². The number of hydrogen-bond acceptors (Lipinski definition) is 3. The van der Waals surface area contributed by atoms with Crippen LogP contribution in [0.5, 0.6) is 0 Å². The molecule has 4 nitrogen and oxygen atoms in total. The molecule has 0 radical (unpaired) electrons. The van der Waals surface area contributed by atoms with Crippen molar-refractivity contribution < 1.29 is 4.79 Å². The number of benzene rings is 1. The van der Waals surface area contributed by atoms with E-state index >= 15 is 0 Å². The number of amides is 1. The van der Waals surface area contributed by atoms with Gasteiger partial charge in [-0.25, -0.2) is 4.98 Å². The van der Waals surface area contributed by atoms with Gasteiger partial charge in [0.2, 0.25) is 0 Å².